The topological polar surface area (TPSA) is 74.2 Å². The summed E-state index contributed by atoms with van der Waals surface area (Å²) in [5.41, 5.74) is 0. The molecule has 0 spiro atoms. The summed E-state index contributed by atoms with van der Waals surface area (Å²) in [5, 5.41) is 5.01. The fourth-order valence-electron chi connectivity index (χ4n) is 2.29. The van der Waals surface area contributed by atoms with Gasteiger partial charge in [-0.1, -0.05) is 6.07 Å². The minimum atomic E-state index is -3.42. The van der Waals surface area contributed by atoms with Crippen molar-refractivity contribution in [3.63, 3.8) is 0 Å². The Morgan fingerprint density at radius 3 is 2.70 bits per heavy atom. The maximum atomic E-state index is 12.4. The van der Waals surface area contributed by atoms with E-state index in [-0.39, 0.29) is 24.0 Å². The van der Waals surface area contributed by atoms with Crippen LogP contribution in [0, 0.1) is 5.92 Å². The van der Waals surface area contributed by atoms with Crippen LogP contribution in [-0.4, -0.2) is 77.1 Å². The van der Waals surface area contributed by atoms with Gasteiger partial charge in [-0.05, 0) is 37.1 Å². The van der Waals surface area contributed by atoms with Gasteiger partial charge in [0.05, 0.1) is 13.2 Å². The number of nitrogens with one attached hydrogen (secondary N) is 1. The van der Waals surface area contributed by atoms with Crippen molar-refractivity contribution in [3.05, 3.63) is 17.5 Å². The number of likely N-dealkylation sites (N-methyl/N-ethyl adjacent to an activating group) is 2. The van der Waals surface area contributed by atoms with Gasteiger partial charge in [-0.25, -0.2) is 8.42 Å². The minimum Gasteiger partial charge on any atom is -0.379 e. The molecule has 1 heterocycles. The quantitative estimate of drug-likeness (QED) is 0.206. The first-order valence-electron chi connectivity index (χ1n) is 9.02. The number of thiophene rings is 1. The summed E-state index contributed by atoms with van der Waals surface area (Å²) >= 11 is 1.23. The van der Waals surface area contributed by atoms with E-state index < -0.39 is 10.0 Å². The van der Waals surface area contributed by atoms with E-state index in [2.05, 4.69) is 10.3 Å². The third-order valence-electron chi connectivity index (χ3n) is 4.15. The number of guanidine groups is 1. The van der Waals surface area contributed by atoms with E-state index in [0.717, 1.165) is 31.6 Å². The smallest absolute Gasteiger partial charge is 0.252 e. The van der Waals surface area contributed by atoms with E-state index >= 15 is 0 Å². The average molecular weight is 530 g/mol. The predicted molar refractivity (Wildman–Crippen MR) is 122 cm³/mol. The molecule has 0 atom stereocenters. The van der Waals surface area contributed by atoms with Crippen LogP contribution in [0.25, 0.3) is 0 Å². The Hall–Kier alpha value is -0.430. The molecule has 156 valence electrons. The lowest BCUT2D eigenvalue weighted by Gasteiger charge is -2.22. The Labute approximate surface area is 184 Å². The predicted octanol–water partition coefficient (Wildman–Crippen LogP) is 2.31. The summed E-state index contributed by atoms with van der Waals surface area (Å²) in [5.74, 6) is 1.53. The van der Waals surface area contributed by atoms with Gasteiger partial charge >= 0.3 is 0 Å². The zero-order valence-electron chi connectivity index (χ0n) is 16.3. The molecule has 1 aromatic heterocycles. The van der Waals surface area contributed by atoms with E-state index in [1.165, 1.54) is 28.5 Å². The molecule has 0 aromatic carbocycles. The van der Waals surface area contributed by atoms with Crippen molar-refractivity contribution in [1.29, 1.82) is 0 Å². The number of ether oxygens (including phenoxy) is 1. The van der Waals surface area contributed by atoms with Crippen LogP contribution in [0.3, 0.4) is 0 Å². The first-order chi connectivity index (χ1) is 12.4. The molecule has 1 aromatic rings. The summed E-state index contributed by atoms with van der Waals surface area (Å²) in [7, 11) is 0.139. The SMILES string of the molecule is CCNC(=NCCN(C)S(=O)(=O)c1cccs1)N(C)CCOCC1CC1.I. The van der Waals surface area contributed by atoms with Crippen LogP contribution < -0.4 is 5.32 Å². The van der Waals surface area contributed by atoms with Gasteiger partial charge in [0, 0.05) is 40.3 Å². The van der Waals surface area contributed by atoms with Crippen molar-refractivity contribution < 1.29 is 13.2 Å². The highest BCUT2D eigenvalue weighted by Gasteiger charge is 2.22. The van der Waals surface area contributed by atoms with Crippen molar-refractivity contribution >= 4 is 51.3 Å². The molecule has 1 aliphatic rings. The van der Waals surface area contributed by atoms with Crippen LogP contribution in [0.1, 0.15) is 19.8 Å². The molecule has 27 heavy (non-hydrogen) atoms. The van der Waals surface area contributed by atoms with Gasteiger partial charge in [0.15, 0.2) is 5.96 Å². The van der Waals surface area contributed by atoms with E-state index in [1.807, 2.05) is 18.9 Å². The van der Waals surface area contributed by atoms with Crippen LogP contribution in [0.4, 0.5) is 0 Å². The van der Waals surface area contributed by atoms with Crippen molar-refractivity contribution in [2.45, 2.75) is 24.0 Å². The number of hydrogen-bond acceptors (Lipinski definition) is 5. The first kappa shape index (κ1) is 24.6. The Morgan fingerprint density at radius 2 is 2.11 bits per heavy atom. The molecule has 1 saturated carbocycles. The molecular formula is C17H31IN4O3S2. The normalized spacial score (nSPS) is 14.9. The van der Waals surface area contributed by atoms with Crippen LogP contribution in [-0.2, 0) is 14.8 Å². The first-order valence-corrected chi connectivity index (χ1v) is 11.3. The number of aliphatic imine (C=N–C) groups is 1. The number of nitrogens with zero attached hydrogens (tertiary/aromatic N) is 3. The Morgan fingerprint density at radius 1 is 1.37 bits per heavy atom. The molecular weight excluding hydrogens is 499 g/mol. The molecule has 1 aliphatic carbocycles. The number of rotatable bonds is 11. The summed E-state index contributed by atoms with van der Waals surface area (Å²) < 4.78 is 32.2. The lowest BCUT2D eigenvalue weighted by molar-refractivity contribution is 0.115. The maximum absolute atomic E-state index is 12.4. The van der Waals surface area contributed by atoms with E-state index in [1.54, 1.807) is 24.6 Å². The molecule has 2 rings (SSSR count). The Kier molecular flexibility index (Phi) is 11.1. The second kappa shape index (κ2) is 12.2. The molecule has 10 heteroatoms. The summed E-state index contributed by atoms with van der Waals surface area (Å²) in [4.78, 5) is 6.57. The molecule has 1 N–H and O–H groups in total. The minimum absolute atomic E-state index is 0. The van der Waals surface area contributed by atoms with Crippen molar-refractivity contribution in [3.8, 4) is 0 Å². The van der Waals surface area contributed by atoms with Crippen LogP contribution in [0.15, 0.2) is 26.7 Å². The molecule has 0 saturated heterocycles. The van der Waals surface area contributed by atoms with Gasteiger partial charge in [-0.3, -0.25) is 4.99 Å². The van der Waals surface area contributed by atoms with Crippen LogP contribution >= 0.6 is 35.3 Å². The van der Waals surface area contributed by atoms with E-state index in [9.17, 15) is 8.42 Å². The highest BCUT2D eigenvalue weighted by atomic mass is 127. The number of sulfonamides is 1. The maximum Gasteiger partial charge on any atom is 0.252 e. The molecule has 0 radical (unpaired) electrons. The third kappa shape index (κ3) is 8.22. The molecule has 0 aliphatic heterocycles. The Bertz CT molecular complexity index is 664. The number of hydrogen-bond donors (Lipinski definition) is 1. The number of halogens is 1. The summed E-state index contributed by atoms with van der Waals surface area (Å²) in [6.45, 7) is 5.78. The largest absolute Gasteiger partial charge is 0.379 e. The van der Waals surface area contributed by atoms with E-state index in [4.69, 9.17) is 4.74 Å². The standard InChI is InChI=1S/C17H30N4O3S2.HI/c1-4-18-17(20(2)11-12-24-14-15-7-8-15)19-9-10-21(3)26(22,23)16-6-5-13-25-16;/h5-6,13,15H,4,7-12,14H2,1-3H3,(H,18,19);1H. The summed E-state index contributed by atoms with van der Waals surface area (Å²) in [6.07, 6.45) is 2.59. The van der Waals surface area contributed by atoms with Gasteiger partial charge in [0.2, 0.25) is 0 Å². The highest BCUT2D eigenvalue weighted by Crippen LogP contribution is 2.28. The average Bonchev–Trinajstić information content (AvgIpc) is 3.26. The molecule has 1 fully saturated rings. The molecule has 0 amide bonds. The highest BCUT2D eigenvalue weighted by molar-refractivity contribution is 14.0. The van der Waals surface area contributed by atoms with Crippen LogP contribution in [0.2, 0.25) is 0 Å². The van der Waals surface area contributed by atoms with Crippen molar-refractivity contribution in [1.82, 2.24) is 14.5 Å². The summed E-state index contributed by atoms with van der Waals surface area (Å²) in [6, 6.07) is 3.37. The van der Waals surface area contributed by atoms with Gasteiger partial charge in [-0.2, -0.15) is 4.31 Å². The lowest BCUT2D eigenvalue weighted by Crippen LogP contribution is -2.41. The zero-order chi connectivity index (χ0) is 19.0. The van der Waals surface area contributed by atoms with Crippen LogP contribution in [0.5, 0.6) is 0 Å². The second-order valence-electron chi connectivity index (χ2n) is 6.43. The van der Waals surface area contributed by atoms with Crippen molar-refractivity contribution in [2.75, 3.05) is 53.5 Å². The van der Waals surface area contributed by atoms with Crippen molar-refractivity contribution in [2.24, 2.45) is 10.9 Å². The molecule has 0 bridgehead atoms. The van der Waals surface area contributed by atoms with Gasteiger partial charge in [0.1, 0.15) is 4.21 Å². The second-order valence-corrected chi connectivity index (χ2v) is 9.65. The van der Waals surface area contributed by atoms with E-state index in [0.29, 0.717) is 23.9 Å². The molecule has 7 nitrogen and oxygen atoms in total. The fourth-order valence-corrected chi connectivity index (χ4v) is 4.66. The van der Waals surface area contributed by atoms with Gasteiger partial charge in [0.25, 0.3) is 10.0 Å². The monoisotopic (exact) mass is 530 g/mol. The van der Waals surface area contributed by atoms with Gasteiger partial charge in [-0.15, -0.1) is 35.3 Å². The third-order valence-corrected chi connectivity index (χ3v) is 7.38. The molecule has 0 unspecified atom stereocenters. The lowest BCUT2D eigenvalue weighted by atomic mass is 10.5. The Balaban J connectivity index is 0.00000364. The fraction of sp³-hybridized carbons (Fsp3) is 0.706. The van der Waals surface area contributed by atoms with Gasteiger partial charge < -0.3 is 15.0 Å². The zero-order valence-corrected chi connectivity index (χ0v) is 20.2.